The van der Waals surface area contributed by atoms with E-state index in [-0.39, 0.29) is 0 Å². The molecule has 0 saturated heterocycles. The fraction of sp³-hybridized carbons (Fsp3) is 0.0238. The van der Waals surface area contributed by atoms with Gasteiger partial charge in [-0.1, -0.05) is 115 Å². The highest BCUT2D eigenvalue weighted by Crippen LogP contribution is 2.36. The summed E-state index contributed by atoms with van der Waals surface area (Å²) in [5.41, 5.74) is 4.36. The molecule has 0 radical (unpaired) electrons. The quantitative estimate of drug-likeness (QED) is 0.205. The fourth-order valence-corrected chi connectivity index (χ4v) is 7.13. The number of aliphatic imine (C=N–C) groups is 2. The number of hydrogen-bond acceptors (Lipinski definition) is 5. The van der Waals surface area contributed by atoms with Crippen molar-refractivity contribution in [1.82, 2.24) is 10.3 Å². The summed E-state index contributed by atoms with van der Waals surface area (Å²) in [4.78, 5) is 15.5. The zero-order valence-electron chi connectivity index (χ0n) is 25.2. The van der Waals surface area contributed by atoms with Crippen LogP contribution in [-0.4, -0.2) is 16.7 Å². The highest BCUT2D eigenvalue weighted by Gasteiger charge is 2.26. The van der Waals surface area contributed by atoms with Crippen LogP contribution in [0.15, 0.2) is 160 Å². The Morgan fingerprint density at radius 2 is 1.17 bits per heavy atom. The van der Waals surface area contributed by atoms with Gasteiger partial charge in [-0.2, -0.15) is 0 Å². The first-order chi connectivity index (χ1) is 23.3. The number of fused-ring (bicyclic) bond motifs is 9. The third-order valence-electron chi connectivity index (χ3n) is 9.35. The predicted octanol–water partition coefficient (Wildman–Crippen LogP) is 10.1. The molecule has 1 aliphatic rings. The Kier molecular flexibility index (Phi) is 5.57. The smallest absolute Gasteiger partial charge is 0.169 e. The van der Waals surface area contributed by atoms with E-state index in [9.17, 15) is 0 Å². The second-order valence-electron chi connectivity index (χ2n) is 12.0. The van der Waals surface area contributed by atoms with Gasteiger partial charge in [-0.05, 0) is 72.9 Å². The maximum Gasteiger partial charge on any atom is 0.169 e. The number of pyridine rings is 1. The minimum atomic E-state index is -0.483. The molecule has 9 aromatic rings. The van der Waals surface area contributed by atoms with E-state index < -0.39 is 6.17 Å². The van der Waals surface area contributed by atoms with Gasteiger partial charge in [-0.15, -0.1) is 0 Å². The molecule has 7 aromatic carbocycles. The molecule has 0 amide bonds. The topological polar surface area (TPSA) is 62.8 Å². The average molecular weight is 603 g/mol. The molecule has 10 rings (SSSR count). The van der Waals surface area contributed by atoms with Crippen LogP contribution >= 0.6 is 0 Å². The molecule has 5 heteroatoms. The number of nitrogens with one attached hydrogen (secondary N) is 1. The third kappa shape index (κ3) is 4.07. The van der Waals surface area contributed by atoms with E-state index in [0.29, 0.717) is 5.84 Å². The van der Waals surface area contributed by atoms with Crippen LogP contribution in [0.2, 0.25) is 0 Å². The maximum atomic E-state index is 6.25. The van der Waals surface area contributed by atoms with Gasteiger partial charge in [0.15, 0.2) is 12.0 Å². The summed E-state index contributed by atoms with van der Waals surface area (Å²) in [7, 11) is 0. The van der Waals surface area contributed by atoms with Crippen molar-refractivity contribution in [3.05, 3.63) is 163 Å². The lowest BCUT2D eigenvalue weighted by Gasteiger charge is -2.23. The molecular formula is C42H26N4O. The molecule has 1 N–H and O–H groups in total. The van der Waals surface area contributed by atoms with Gasteiger partial charge in [0.2, 0.25) is 0 Å². The molecule has 1 aliphatic heterocycles. The van der Waals surface area contributed by atoms with Crippen molar-refractivity contribution in [2.75, 3.05) is 0 Å². The van der Waals surface area contributed by atoms with E-state index >= 15 is 0 Å². The minimum Gasteiger partial charge on any atom is -0.456 e. The number of nitrogens with zero attached hydrogens (tertiary/aromatic N) is 3. The molecular weight excluding hydrogens is 576 g/mol. The van der Waals surface area contributed by atoms with E-state index in [2.05, 4.69) is 121 Å². The van der Waals surface area contributed by atoms with Gasteiger partial charge >= 0.3 is 0 Å². The lowest BCUT2D eigenvalue weighted by molar-refractivity contribution is 0.668. The molecule has 0 saturated carbocycles. The van der Waals surface area contributed by atoms with Crippen LogP contribution in [-0.2, 0) is 0 Å². The van der Waals surface area contributed by atoms with Crippen LogP contribution in [0.5, 0.6) is 0 Å². The molecule has 1 atom stereocenters. The Morgan fingerprint density at radius 1 is 0.489 bits per heavy atom. The molecule has 3 heterocycles. The van der Waals surface area contributed by atoms with E-state index in [4.69, 9.17) is 19.4 Å². The highest BCUT2D eigenvalue weighted by atomic mass is 16.3. The van der Waals surface area contributed by atoms with Crippen molar-refractivity contribution >= 4 is 76.7 Å². The van der Waals surface area contributed by atoms with E-state index in [1.165, 1.54) is 32.3 Å². The van der Waals surface area contributed by atoms with Crippen LogP contribution in [0.1, 0.15) is 23.0 Å². The predicted molar refractivity (Wildman–Crippen MR) is 193 cm³/mol. The van der Waals surface area contributed by atoms with Crippen LogP contribution < -0.4 is 5.32 Å². The van der Waals surface area contributed by atoms with Crippen molar-refractivity contribution in [1.29, 1.82) is 0 Å². The number of hydrogen-bond donors (Lipinski definition) is 1. The van der Waals surface area contributed by atoms with E-state index in [1.54, 1.807) is 6.20 Å². The first kappa shape index (κ1) is 25.9. The molecule has 0 fully saturated rings. The minimum absolute atomic E-state index is 0.483. The van der Waals surface area contributed by atoms with Gasteiger partial charge in [-0.3, -0.25) is 4.98 Å². The summed E-state index contributed by atoms with van der Waals surface area (Å²) in [6.07, 6.45) is 1.31. The number of para-hydroxylation sites is 1. The fourth-order valence-electron chi connectivity index (χ4n) is 7.13. The number of furan rings is 1. The lowest BCUT2D eigenvalue weighted by Crippen LogP contribution is -2.36. The average Bonchev–Trinajstić information content (AvgIpc) is 3.53. The molecule has 0 spiro atoms. The van der Waals surface area contributed by atoms with Crippen molar-refractivity contribution in [2.24, 2.45) is 9.98 Å². The second-order valence-corrected chi connectivity index (χ2v) is 12.0. The Hall–Kier alpha value is -6.33. The van der Waals surface area contributed by atoms with Gasteiger partial charge in [0.25, 0.3) is 0 Å². The van der Waals surface area contributed by atoms with Gasteiger partial charge in [-0.25, -0.2) is 9.98 Å². The summed E-state index contributed by atoms with van der Waals surface area (Å²) in [5, 5.41) is 15.1. The third-order valence-corrected chi connectivity index (χ3v) is 9.35. The van der Waals surface area contributed by atoms with Gasteiger partial charge in [0.05, 0.1) is 5.39 Å². The summed E-state index contributed by atoms with van der Waals surface area (Å²) >= 11 is 0. The van der Waals surface area contributed by atoms with Gasteiger partial charge < -0.3 is 9.73 Å². The van der Waals surface area contributed by atoms with Crippen molar-refractivity contribution in [2.45, 2.75) is 6.17 Å². The number of amidine groups is 2. The Labute approximate surface area is 269 Å². The summed E-state index contributed by atoms with van der Waals surface area (Å²) in [6.45, 7) is 0. The standard InChI is InChI=1S/C42H26N4O/c1-2-11-27-23-28(18-17-25(27)9-1)40-44-41(46-42(45-40)39-38-33-15-7-8-16-36(33)47-37(38)21-22-43-39)35-24-34-29-12-4-3-10-26(29)19-20-32(34)30-13-5-6-14-31(30)35/h1-24,40H,(H,44,45,46). The normalized spacial score (nSPS) is 15.0. The largest absolute Gasteiger partial charge is 0.456 e. The van der Waals surface area contributed by atoms with Crippen LogP contribution in [0, 0.1) is 0 Å². The summed E-state index contributed by atoms with van der Waals surface area (Å²) in [5.74, 6) is 1.42. The molecule has 5 nitrogen and oxygen atoms in total. The monoisotopic (exact) mass is 602 g/mol. The molecule has 2 aromatic heterocycles. The number of benzene rings is 7. The maximum absolute atomic E-state index is 6.25. The number of rotatable bonds is 3. The van der Waals surface area contributed by atoms with Gasteiger partial charge in [0.1, 0.15) is 22.7 Å². The zero-order chi connectivity index (χ0) is 30.9. The Balaban J connectivity index is 1.24. The molecule has 0 aliphatic carbocycles. The summed E-state index contributed by atoms with van der Waals surface area (Å²) in [6, 6.07) is 48.8. The number of aromatic nitrogens is 1. The first-order valence-corrected chi connectivity index (χ1v) is 15.8. The SMILES string of the molecule is c1ccc2cc(C3N=C(c4cc5c6ccccc6ccc5c5ccccc45)NC(c4nccc5oc6ccccc6c45)=N3)ccc2c1. The van der Waals surface area contributed by atoms with E-state index in [1.807, 2.05) is 24.3 Å². The molecule has 1 unspecified atom stereocenters. The van der Waals surface area contributed by atoms with Crippen LogP contribution in [0.3, 0.4) is 0 Å². The molecule has 0 bridgehead atoms. The zero-order valence-corrected chi connectivity index (χ0v) is 25.2. The van der Waals surface area contributed by atoms with Gasteiger partial charge in [0, 0.05) is 17.1 Å². The van der Waals surface area contributed by atoms with Crippen LogP contribution in [0.25, 0.3) is 65.0 Å². The lowest BCUT2D eigenvalue weighted by atomic mass is 9.93. The van der Waals surface area contributed by atoms with Crippen LogP contribution in [0.4, 0.5) is 0 Å². The Morgan fingerprint density at radius 3 is 2.06 bits per heavy atom. The van der Waals surface area contributed by atoms with Crippen molar-refractivity contribution in [3.8, 4) is 0 Å². The highest BCUT2D eigenvalue weighted by molar-refractivity contribution is 6.28. The Bertz CT molecular complexity index is 2790. The summed E-state index contributed by atoms with van der Waals surface area (Å²) < 4.78 is 6.25. The first-order valence-electron chi connectivity index (χ1n) is 15.8. The molecule has 220 valence electrons. The van der Waals surface area contributed by atoms with Crippen molar-refractivity contribution in [3.63, 3.8) is 0 Å². The van der Waals surface area contributed by atoms with E-state index in [0.717, 1.165) is 55.4 Å². The second kappa shape index (κ2) is 10.1. The molecule has 47 heavy (non-hydrogen) atoms. The van der Waals surface area contributed by atoms with Crippen molar-refractivity contribution < 1.29 is 4.42 Å².